The summed E-state index contributed by atoms with van der Waals surface area (Å²) in [5, 5.41) is 0. The standard InChI is InChI=1S/C13H13BrN2O2S/c1-10(11-6-8-15-9-7-11)16-19(17,18)13-4-2-12(14)3-5-13/h2-10,16H,1H3/t10-/m1/s1. The number of sulfonamides is 1. The Bertz CT molecular complexity index is 642. The summed E-state index contributed by atoms with van der Waals surface area (Å²) in [5.41, 5.74) is 0.871. The first-order chi connectivity index (χ1) is 8.99. The van der Waals surface area contributed by atoms with Crippen LogP contribution in [0, 0.1) is 0 Å². The van der Waals surface area contributed by atoms with E-state index in [0.717, 1.165) is 10.0 Å². The van der Waals surface area contributed by atoms with Crippen LogP contribution < -0.4 is 4.72 Å². The summed E-state index contributed by atoms with van der Waals surface area (Å²) in [7, 11) is -3.52. The van der Waals surface area contributed by atoms with E-state index in [2.05, 4.69) is 25.6 Å². The van der Waals surface area contributed by atoms with Crippen LogP contribution in [-0.4, -0.2) is 13.4 Å². The van der Waals surface area contributed by atoms with Crippen molar-refractivity contribution in [1.29, 1.82) is 0 Å². The number of benzene rings is 1. The van der Waals surface area contributed by atoms with Gasteiger partial charge in [0.25, 0.3) is 0 Å². The van der Waals surface area contributed by atoms with Crippen molar-refractivity contribution in [2.24, 2.45) is 0 Å². The SMILES string of the molecule is C[C@@H](NS(=O)(=O)c1ccc(Br)cc1)c1ccncc1. The molecule has 0 fully saturated rings. The van der Waals surface area contributed by atoms with Crippen LogP contribution in [0.4, 0.5) is 0 Å². The second-order valence-corrected chi connectivity index (χ2v) is 6.71. The third-order valence-corrected chi connectivity index (χ3v) is 4.75. The van der Waals surface area contributed by atoms with Crippen molar-refractivity contribution in [3.8, 4) is 0 Å². The number of rotatable bonds is 4. The Morgan fingerprint density at radius 2 is 1.68 bits per heavy atom. The van der Waals surface area contributed by atoms with Crippen molar-refractivity contribution in [2.75, 3.05) is 0 Å². The summed E-state index contributed by atoms with van der Waals surface area (Å²) in [6.07, 6.45) is 3.28. The summed E-state index contributed by atoms with van der Waals surface area (Å²) in [4.78, 5) is 4.16. The van der Waals surface area contributed by atoms with Gasteiger partial charge >= 0.3 is 0 Å². The second kappa shape index (κ2) is 5.81. The lowest BCUT2D eigenvalue weighted by Crippen LogP contribution is -2.26. The van der Waals surface area contributed by atoms with Gasteiger partial charge in [-0.1, -0.05) is 15.9 Å². The summed E-state index contributed by atoms with van der Waals surface area (Å²) < 4.78 is 27.8. The Kier molecular flexibility index (Phi) is 4.34. The summed E-state index contributed by atoms with van der Waals surface area (Å²) in [6.45, 7) is 1.80. The topological polar surface area (TPSA) is 59.1 Å². The Balaban J connectivity index is 2.20. The van der Waals surface area contributed by atoms with Gasteiger partial charge in [0, 0.05) is 22.9 Å². The van der Waals surface area contributed by atoms with E-state index in [4.69, 9.17) is 0 Å². The molecule has 0 amide bonds. The summed E-state index contributed by atoms with van der Waals surface area (Å²) in [6, 6.07) is 9.79. The highest BCUT2D eigenvalue weighted by Crippen LogP contribution is 2.18. The molecule has 2 aromatic rings. The molecule has 0 radical (unpaired) electrons. The van der Waals surface area contributed by atoms with Crippen LogP contribution in [-0.2, 0) is 10.0 Å². The average molecular weight is 341 g/mol. The molecule has 1 N–H and O–H groups in total. The lowest BCUT2D eigenvalue weighted by atomic mass is 10.1. The molecule has 1 atom stereocenters. The molecular formula is C13H13BrN2O2S. The van der Waals surface area contributed by atoms with E-state index in [1.165, 1.54) is 0 Å². The van der Waals surface area contributed by atoms with Gasteiger partial charge in [-0.25, -0.2) is 13.1 Å². The minimum absolute atomic E-state index is 0.247. The van der Waals surface area contributed by atoms with Crippen LogP contribution in [0.2, 0.25) is 0 Å². The van der Waals surface area contributed by atoms with E-state index < -0.39 is 10.0 Å². The molecule has 0 aliphatic heterocycles. The molecule has 0 saturated heterocycles. The van der Waals surface area contributed by atoms with Crippen LogP contribution in [0.25, 0.3) is 0 Å². The van der Waals surface area contributed by atoms with Crippen molar-refractivity contribution in [2.45, 2.75) is 17.9 Å². The highest BCUT2D eigenvalue weighted by Gasteiger charge is 2.17. The molecule has 0 aliphatic carbocycles. The first kappa shape index (κ1) is 14.2. The molecule has 1 heterocycles. The van der Waals surface area contributed by atoms with Crippen LogP contribution in [0.3, 0.4) is 0 Å². The molecule has 100 valence electrons. The quantitative estimate of drug-likeness (QED) is 0.930. The molecule has 0 unspecified atom stereocenters. The fourth-order valence-corrected chi connectivity index (χ4v) is 3.13. The molecule has 1 aromatic carbocycles. The van der Waals surface area contributed by atoms with E-state index in [-0.39, 0.29) is 10.9 Å². The molecule has 0 bridgehead atoms. The first-order valence-electron chi connectivity index (χ1n) is 5.67. The smallest absolute Gasteiger partial charge is 0.241 e. The molecule has 0 saturated carbocycles. The van der Waals surface area contributed by atoms with Gasteiger partial charge in [-0.15, -0.1) is 0 Å². The van der Waals surface area contributed by atoms with E-state index >= 15 is 0 Å². The Morgan fingerprint density at radius 3 is 2.26 bits per heavy atom. The molecule has 0 aliphatic rings. The van der Waals surface area contributed by atoms with Gasteiger partial charge in [0.05, 0.1) is 4.90 Å². The maximum Gasteiger partial charge on any atom is 0.241 e. The number of halogens is 1. The number of nitrogens with one attached hydrogen (secondary N) is 1. The van der Waals surface area contributed by atoms with Crippen molar-refractivity contribution in [1.82, 2.24) is 9.71 Å². The Labute approximate surface area is 121 Å². The fourth-order valence-electron chi connectivity index (χ4n) is 1.63. The Hall–Kier alpha value is -1.24. The predicted octanol–water partition coefficient (Wildman–Crippen LogP) is 2.88. The normalized spacial score (nSPS) is 13.2. The van der Waals surface area contributed by atoms with E-state index in [0.29, 0.717) is 0 Å². The highest BCUT2D eigenvalue weighted by molar-refractivity contribution is 9.10. The zero-order valence-electron chi connectivity index (χ0n) is 10.2. The maximum absolute atomic E-state index is 12.2. The number of aromatic nitrogens is 1. The van der Waals surface area contributed by atoms with Crippen molar-refractivity contribution in [3.63, 3.8) is 0 Å². The van der Waals surface area contributed by atoms with Crippen molar-refractivity contribution < 1.29 is 8.42 Å². The fraction of sp³-hybridized carbons (Fsp3) is 0.154. The third kappa shape index (κ3) is 3.62. The van der Waals surface area contributed by atoms with Gasteiger partial charge in [-0.05, 0) is 48.9 Å². The van der Waals surface area contributed by atoms with Gasteiger partial charge in [0.2, 0.25) is 10.0 Å². The molecule has 2 rings (SSSR count). The molecule has 4 nitrogen and oxygen atoms in total. The zero-order valence-corrected chi connectivity index (χ0v) is 12.6. The lowest BCUT2D eigenvalue weighted by Gasteiger charge is -2.14. The predicted molar refractivity (Wildman–Crippen MR) is 77.1 cm³/mol. The number of hydrogen-bond acceptors (Lipinski definition) is 3. The molecule has 6 heteroatoms. The minimum atomic E-state index is -3.52. The van der Waals surface area contributed by atoms with Crippen LogP contribution in [0.1, 0.15) is 18.5 Å². The largest absolute Gasteiger partial charge is 0.265 e. The number of hydrogen-bond donors (Lipinski definition) is 1. The summed E-state index contributed by atoms with van der Waals surface area (Å²) >= 11 is 3.28. The third-order valence-electron chi connectivity index (χ3n) is 2.66. The second-order valence-electron chi connectivity index (χ2n) is 4.08. The monoisotopic (exact) mass is 340 g/mol. The molecule has 0 spiro atoms. The first-order valence-corrected chi connectivity index (χ1v) is 7.94. The average Bonchev–Trinajstić information content (AvgIpc) is 2.40. The van der Waals surface area contributed by atoms with Crippen molar-refractivity contribution >= 4 is 26.0 Å². The highest BCUT2D eigenvalue weighted by atomic mass is 79.9. The Morgan fingerprint density at radius 1 is 1.11 bits per heavy atom. The van der Waals surface area contributed by atoms with Gasteiger partial charge in [-0.3, -0.25) is 4.98 Å². The lowest BCUT2D eigenvalue weighted by molar-refractivity contribution is 0.567. The minimum Gasteiger partial charge on any atom is -0.265 e. The van der Waals surface area contributed by atoms with Gasteiger partial charge < -0.3 is 0 Å². The van der Waals surface area contributed by atoms with E-state index in [1.807, 2.05) is 0 Å². The van der Waals surface area contributed by atoms with E-state index in [1.54, 1.807) is 55.7 Å². The molecule has 19 heavy (non-hydrogen) atoms. The van der Waals surface area contributed by atoms with Crippen molar-refractivity contribution in [3.05, 3.63) is 58.8 Å². The molecule has 1 aromatic heterocycles. The van der Waals surface area contributed by atoms with Gasteiger partial charge in [0.15, 0.2) is 0 Å². The van der Waals surface area contributed by atoms with Crippen LogP contribution in [0.15, 0.2) is 58.2 Å². The van der Waals surface area contributed by atoms with Crippen LogP contribution in [0.5, 0.6) is 0 Å². The van der Waals surface area contributed by atoms with E-state index in [9.17, 15) is 8.42 Å². The van der Waals surface area contributed by atoms with Gasteiger partial charge in [-0.2, -0.15) is 0 Å². The summed E-state index contributed by atoms with van der Waals surface area (Å²) in [5.74, 6) is 0. The zero-order chi connectivity index (χ0) is 13.9. The number of pyridine rings is 1. The van der Waals surface area contributed by atoms with Crippen LogP contribution >= 0.6 is 15.9 Å². The van der Waals surface area contributed by atoms with Gasteiger partial charge in [0.1, 0.15) is 0 Å². The molecular weight excluding hydrogens is 328 g/mol. The number of nitrogens with zero attached hydrogens (tertiary/aromatic N) is 1. The maximum atomic E-state index is 12.2.